The number of amides is 1. The molecule has 22 heavy (non-hydrogen) atoms. The van der Waals surface area contributed by atoms with E-state index in [-0.39, 0.29) is 12.5 Å². The highest BCUT2D eigenvalue weighted by Crippen LogP contribution is 2.25. The van der Waals surface area contributed by atoms with E-state index >= 15 is 0 Å². The van der Waals surface area contributed by atoms with E-state index in [1.165, 1.54) is 4.88 Å². The molecule has 6 heteroatoms. The summed E-state index contributed by atoms with van der Waals surface area (Å²) in [6.45, 7) is 0.138. The van der Waals surface area contributed by atoms with Gasteiger partial charge in [-0.3, -0.25) is 4.79 Å². The molecule has 1 aromatic carbocycles. The van der Waals surface area contributed by atoms with Gasteiger partial charge in [-0.15, -0.1) is 11.3 Å². The topological polar surface area (TPSA) is 49.3 Å². The number of carbonyl (C=O) groups excluding carboxylic acids is 1. The van der Waals surface area contributed by atoms with Gasteiger partial charge in [-0.1, -0.05) is 35.3 Å². The maximum Gasteiger partial charge on any atom is 0.220 e. The minimum absolute atomic E-state index is 0.0688. The molecule has 1 aromatic heterocycles. The van der Waals surface area contributed by atoms with E-state index in [0.717, 1.165) is 12.8 Å². The van der Waals surface area contributed by atoms with Crippen molar-refractivity contribution in [1.29, 1.82) is 0 Å². The third-order valence-corrected chi connectivity index (χ3v) is 4.72. The second kappa shape index (κ2) is 8.53. The van der Waals surface area contributed by atoms with Crippen molar-refractivity contribution >= 4 is 40.4 Å². The van der Waals surface area contributed by atoms with E-state index in [2.05, 4.69) is 11.4 Å². The van der Waals surface area contributed by atoms with Crippen molar-refractivity contribution in [3.05, 3.63) is 56.2 Å². The number of benzene rings is 1. The van der Waals surface area contributed by atoms with Crippen molar-refractivity contribution in [2.75, 3.05) is 6.54 Å². The Morgan fingerprint density at radius 3 is 2.82 bits per heavy atom. The van der Waals surface area contributed by atoms with Gasteiger partial charge in [0, 0.05) is 33.5 Å². The van der Waals surface area contributed by atoms with Crippen molar-refractivity contribution in [3.8, 4) is 0 Å². The van der Waals surface area contributed by atoms with Crippen LogP contribution in [-0.4, -0.2) is 17.6 Å². The Bertz CT molecular complexity index is 617. The number of hydrogen-bond acceptors (Lipinski definition) is 3. The smallest absolute Gasteiger partial charge is 0.220 e. The second-order valence-corrected chi connectivity index (χ2v) is 6.79. The van der Waals surface area contributed by atoms with Gasteiger partial charge in [0.05, 0.1) is 6.10 Å². The molecule has 1 atom stereocenters. The molecule has 0 bridgehead atoms. The maximum absolute atomic E-state index is 11.8. The zero-order chi connectivity index (χ0) is 15.9. The van der Waals surface area contributed by atoms with Gasteiger partial charge < -0.3 is 10.4 Å². The van der Waals surface area contributed by atoms with Gasteiger partial charge in [0.15, 0.2) is 0 Å². The molecule has 1 unspecified atom stereocenters. The minimum Gasteiger partial charge on any atom is -0.387 e. The van der Waals surface area contributed by atoms with Crippen LogP contribution in [0.5, 0.6) is 0 Å². The fourth-order valence-corrected chi connectivity index (χ4v) is 3.34. The van der Waals surface area contributed by atoms with Crippen molar-refractivity contribution < 1.29 is 9.90 Å². The molecule has 2 N–H and O–H groups in total. The van der Waals surface area contributed by atoms with Crippen LogP contribution < -0.4 is 5.32 Å². The number of thiophene rings is 1. The van der Waals surface area contributed by atoms with E-state index in [4.69, 9.17) is 23.2 Å². The van der Waals surface area contributed by atoms with Crippen LogP contribution in [0.25, 0.3) is 0 Å². The Morgan fingerprint density at radius 1 is 1.32 bits per heavy atom. The first-order valence-electron chi connectivity index (χ1n) is 6.98. The third kappa shape index (κ3) is 5.29. The first-order chi connectivity index (χ1) is 10.6. The third-order valence-electron chi connectivity index (χ3n) is 3.22. The molecule has 1 amide bonds. The van der Waals surface area contributed by atoms with Crippen LogP contribution in [0.4, 0.5) is 0 Å². The average molecular weight is 358 g/mol. The summed E-state index contributed by atoms with van der Waals surface area (Å²) in [4.78, 5) is 13.1. The van der Waals surface area contributed by atoms with Crippen LogP contribution in [0.15, 0.2) is 35.7 Å². The predicted octanol–water partition coefficient (Wildman–Crippen LogP) is 4.23. The molecular weight excluding hydrogens is 341 g/mol. The maximum atomic E-state index is 11.8. The summed E-state index contributed by atoms with van der Waals surface area (Å²) in [5, 5.41) is 15.7. The zero-order valence-corrected chi connectivity index (χ0v) is 14.2. The van der Waals surface area contributed by atoms with Crippen LogP contribution in [0.3, 0.4) is 0 Å². The molecule has 0 radical (unpaired) electrons. The number of hydrogen-bond donors (Lipinski definition) is 2. The van der Waals surface area contributed by atoms with E-state index in [0.29, 0.717) is 22.0 Å². The summed E-state index contributed by atoms with van der Waals surface area (Å²) in [5.41, 5.74) is 0.560. The first-order valence-corrected chi connectivity index (χ1v) is 8.62. The van der Waals surface area contributed by atoms with Gasteiger partial charge in [0.2, 0.25) is 5.91 Å². The summed E-state index contributed by atoms with van der Waals surface area (Å²) >= 11 is 13.5. The molecule has 3 nitrogen and oxygen atoms in total. The van der Waals surface area contributed by atoms with Crippen molar-refractivity contribution in [2.45, 2.75) is 25.4 Å². The van der Waals surface area contributed by atoms with E-state index in [9.17, 15) is 9.90 Å². The molecule has 0 spiro atoms. The Morgan fingerprint density at radius 2 is 2.14 bits per heavy atom. The van der Waals surface area contributed by atoms with Gasteiger partial charge in [0.25, 0.3) is 0 Å². The molecule has 2 rings (SSSR count). The lowest BCUT2D eigenvalue weighted by atomic mass is 10.1. The van der Waals surface area contributed by atoms with Gasteiger partial charge in [-0.2, -0.15) is 0 Å². The average Bonchev–Trinajstić information content (AvgIpc) is 2.98. The highest BCUT2D eigenvalue weighted by molar-refractivity contribution is 7.09. The lowest BCUT2D eigenvalue weighted by Gasteiger charge is -2.14. The van der Waals surface area contributed by atoms with Gasteiger partial charge in [-0.25, -0.2) is 0 Å². The number of halogens is 2. The van der Waals surface area contributed by atoms with Crippen LogP contribution in [0, 0.1) is 0 Å². The molecular formula is C16H17Cl2NO2S. The Kier molecular flexibility index (Phi) is 6.70. The number of carbonyl (C=O) groups is 1. The zero-order valence-electron chi connectivity index (χ0n) is 11.9. The number of aliphatic hydroxyl groups excluding tert-OH is 1. The lowest BCUT2D eigenvalue weighted by molar-refractivity contribution is -0.121. The van der Waals surface area contributed by atoms with Crippen LogP contribution in [0.1, 0.15) is 29.4 Å². The lowest BCUT2D eigenvalue weighted by Crippen LogP contribution is -2.28. The second-order valence-electron chi connectivity index (χ2n) is 4.92. The fraction of sp³-hybridized carbons (Fsp3) is 0.312. The van der Waals surface area contributed by atoms with E-state index in [1.807, 2.05) is 11.4 Å². The molecule has 0 saturated carbocycles. The minimum atomic E-state index is -0.842. The van der Waals surface area contributed by atoms with Gasteiger partial charge in [-0.05, 0) is 36.4 Å². The van der Waals surface area contributed by atoms with Crippen LogP contribution in [0.2, 0.25) is 10.0 Å². The Labute approximate surface area is 143 Å². The molecule has 0 aliphatic rings. The summed E-state index contributed by atoms with van der Waals surface area (Å²) in [6, 6.07) is 8.97. The summed E-state index contributed by atoms with van der Waals surface area (Å²) in [6.07, 6.45) is 1.30. The number of aryl methyl sites for hydroxylation is 1. The molecule has 0 fully saturated rings. The number of aliphatic hydroxyl groups is 1. The molecule has 2 aromatic rings. The summed E-state index contributed by atoms with van der Waals surface area (Å²) in [5.74, 6) is -0.0688. The standard InChI is InChI=1S/C16H17Cl2NO2S/c17-11-6-7-13(14(18)9-11)15(20)10-19-16(21)5-1-3-12-4-2-8-22-12/h2,4,6-9,15,20H,1,3,5,10H2,(H,19,21). The van der Waals surface area contributed by atoms with Gasteiger partial charge >= 0.3 is 0 Å². The quantitative estimate of drug-likeness (QED) is 0.778. The van der Waals surface area contributed by atoms with Crippen molar-refractivity contribution in [2.24, 2.45) is 0 Å². The highest BCUT2D eigenvalue weighted by atomic mass is 35.5. The van der Waals surface area contributed by atoms with Crippen molar-refractivity contribution in [1.82, 2.24) is 5.32 Å². The number of nitrogens with one attached hydrogen (secondary N) is 1. The molecule has 118 valence electrons. The molecule has 0 aliphatic carbocycles. The molecule has 0 saturated heterocycles. The Hall–Kier alpha value is -1.07. The molecule has 0 aliphatic heterocycles. The summed E-state index contributed by atoms with van der Waals surface area (Å²) < 4.78 is 0. The first kappa shape index (κ1) is 17.3. The normalized spacial score (nSPS) is 12.1. The Balaban J connectivity index is 1.73. The number of rotatable bonds is 7. The van der Waals surface area contributed by atoms with Gasteiger partial charge in [0.1, 0.15) is 0 Å². The molecule has 1 heterocycles. The van der Waals surface area contributed by atoms with E-state index in [1.54, 1.807) is 29.5 Å². The SMILES string of the molecule is O=C(CCCc1cccs1)NCC(O)c1ccc(Cl)cc1Cl. The predicted molar refractivity (Wildman–Crippen MR) is 91.7 cm³/mol. The monoisotopic (exact) mass is 357 g/mol. The van der Waals surface area contributed by atoms with Crippen LogP contribution in [-0.2, 0) is 11.2 Å². The van der Waals surface area contributed by atoms with Crippen molar-refractivity contribution in [3.63, 3.8) is 0 Å². The fourth-order valence-electron chi connectivity index (χ4n) is 2.06. The van der Waals surface area contributed by atoms with E-state index < -0.39 is 6.10 Å². The van der Waals surface area contributed by atoms with Crippen LogP contribution >= 0.6 is 34.5 Å². The largest absolute Gasteiger partial charge is 0.387 e. The summed E-state index contributed by atoms with van der Waals surface area (Å²) in [7, 11) is 0. The highest BCUT2D eigenvalue weighted by Gasteiger charge is 2.13.